The Morgan fingerprint density at radius 1 is 1.53 bits per heavy atom. The van der Waals surface area contributed by atoms with Gasteiger partial charge in [-0.2, -0.15) is 0 Å². The van der Waals surface area contributed by atoms with Crippen LogP contribution in [-0.2, 0) is 4.79 Å². The Hall–Kier alpha value is -0.770. The normalized spacial score (nSPS) is 24.2. The molecule has 0 heterocycles. The number of benzene rings is 1. The Morgan fingerprint density at radius 3 is 2.71 bits per heavy atom. The third-order valence-corrected chi connectivity index (χ3v) is 3.53. The second-order valence-electron chi connectivity index (χ2n) is 4.40. The van der Waals surface area contributed by atoms with E-state index in [1.54, 1.807) is 12.1 Å². The summed E-state index contributed by atoms with van der Waals surface area (Å²) in [6.45, 7) is 1.89. The molecule has 5 heteroatoms. The first-order valence-corrected chi connectivity index (χ1v) is 6.25. The van der Waals surface area contributed by atoms with Gasteiger partial charge in [0.15, 0.2) is 0 Å². The Labute approximate surface area is 110 Å². The molecule has 0 aromatic heterocycles. The molecule has 17 heavy (non-hydrogen) atoms. The first-order valence-electron chi connectivity index (χ1n) is 5.50. The molecule has 2 rings (SSSR count). The van der Waals surface area contributed by atoms with E-state index in [4.69, 9.17) is 28.9 Å². The highest BCUT2D eigenvalue weighted by Crippen LogP contribution is 2.30. The van der Waals surface area contributed by atoms with Crippen LogP contribution in [0.15, 0.2) is 18.2 Å². The molecule has 3 nitrogen and oxygen atoms in total. The zero-order valence-electron chi connectivity index (χ0n) is 9.41. The molecule has 1 saturated carbocycles. The van der Waals surface area contributed by atoms with Crippen molar-refractivity contribution in [3.63, 3.8) is 0 Å². The first kappa shape index (κ1) is 12.7. The van der Waals surface area contributed by atoms with Crippen LogP contribution in [0.1, 0.15) is 24.9 Å². The molecule has 0 spiro atoms. The molecule has 0 aliphatic heterocycles. The van der Waals surface area contributed by atoms with E-state index in [9.17, 15) is 4.79 Å². The van der Waals surface area contributed by atoms with Crippen LogP contribution in [-0.4, -0.2) is 11.9 Å². The SMILES string of the molecule is CC(NC(=O)C1CC1N)c1ccc(Cl)cc1Cl. The molecular weight excluding hydrogens is 259 g/mol. The number of nitrogens with two attached hydrogens (primary N) is 1. The van der Waals surface area contributed by atoms with Crippen LogP contribution in [0.5, 0.6) is 0 Å². The molecule has 1 aromatic rings. The molecule has 3 atom stereocenters. The van der Waals surface area contributed by atoms with Gasteiger partial charge in [-0.15, -0.1) is 0 Å². The number of hydrogen-bond donors (Lipinski definition) is 2. The van der Waals surface area contributed by atoms with Crippen molar-refractivity contribution < 1.29 is 4.79 Å². The quantitative estimate of drug-likeness (QED) is 0.889. The molecular formula is C12H14Cl2N2O. The van der Waals surface area contributed by atoms with Crippen molar-refractivity contribution in [2.45, 2.75) is 25.4 Å². The molecule has 0 radical (unpaired) electrons. The van der Waals surface area contributed by atoms with E-state index in [2.05, 4.69) is 5.32 Å². The predicted molar refractivity (Wildman–Crippen MR) is 69.1 cm³/mol. The summed E-state index contributed by atoms with van der Waals surface area (Å²) in [4.78, 5) is 11.7. The van der Waals surface area contributed by atoms with E-state index in [0.717, 1.165) is 12.0 Å². The van der Waals surface area contributed by atoms with Gasteiger partial charge in [0.2, 0.25) is 5.91 Å². The molecule has 3 N–H and O–H groups in total. The standard InChI is InChI=1S/C12H14Cl2N2O/c1-6(16-12(17)9-5-11(9)15)8-3-2-7(13)4-10(8)14/h2-4,6,9,11H,5,15H2,1H3,(H,16,17). The number of carbonyl (C=O) groups excluding carboxylic acids is 1. The van der Waals surface area contributed by atoms with Gasteiger partial charge in [-0.25, -0.2) is 0 Å². The minimum atomic E-state index is -0.139. The maximum atomic E-state index is 11.7. The number of nitrogens with one attached hydrogen (secondary N) is 1. The second kappa shape index (κ2) is 4.84. The highest BCUT2D eigenvalue weighted by Gasteiger charge is 2.40. The summed E-state index contributed by atoms with van der Waals surface area (Å²) in [6.07, 6.45) is 0.771. The van der Waals surface area contributed by atoms with Gasteiger partial charge in [0.1, 0.15) is 0 Å². The van der Waals surface area contributed by atoms with Crippen LogP contribution in [0.3, 0.4) is 0 Å². The summed E-state index contributed by atoms with van der Waals surface area (Å²) in [5.41, 5.74) is 6.49. The summed E-state index contributed by atoms with van der Waals surface area (Å²) in [7, 11) is 0. The van der Waals surface area contributed by atoms with Crippen LogP contribution >= 0.6 is 23.2 Å². The fourth-order valence-corrected chi connectivity index (χ4v) is 2.34. The van der Waals surface area contributed by atoms with E-state index in [0.29, 0.717) is 10.0 Å². The lowest BCUT2D eigenvalue weighted by Crippen LogP contribution is -2.30. The van der Waals surface area contributed by atoms with Crippen molar-refractivity contribution in [2.24, 2.45) is 11.7 Å². The molecule has 1 fully saturated rings. The zero-order valence-corrected chi connectivity index (χ0v) is 10.9. The Morgan fingerprint density at radius 2 is 2.18 bits per heavy atom. The molecule has 1 aliphatic rings. The topological polar surface area (TPSA) is 55.1 Å². The van der Waals surface area contributed by atoms with Crippen LogP contribution in [0.4, 0.5) is 0 Å². The number of halogens is 2. The van der Waals surface area contributed by atoms with Crippen LogP contribution in [0.25, 0.3) is 0 Å². The van der Waals surface area contributed by atoms with Crippen LogP contribution in [0, 0.1) is 5.92 Å². The molecule has 3 unspecified atom stereocenters. The molecule has 1 aromatic carbocycles. The Bertz CT molecular complexity index is 450. The van der Waals surface area contributed by atoms with Crippen molar-refractivity contribution in [3.8, 4) is 0 Å². The summed E-state index contributed by atoms with van der Waals surface area (Å²) < 4.78 is 0. The van der Waals surface area contributed by atoms with E-state index in [1.165, 1.54) is 0 Å². The third-order valence-electron chi connectivity index (χ3n) is 2.96. The number of carbonyl (C=O) groups is 1. The third kappa shape index (κ3) is 2.92. The summed E-state index contributed by atoms with van der Waals surface area (Å²) in [6, 6.07) is 5.13. The fraction of sp³-hybridized carbons (Fsp3) is 0.417. The maximum Gasteiger partial charge on any atom is 0.225 e. The monoisotopic (exact) mass is 272 g/mol. The molecule has 1 amide bonds. The lowest BCUT2D eigenvalue weighted by atomic mass is 10.1. The minimum Gasteiger partial charge on any atom is -0.349 e. The zero-order chi connectivity index (χ0) is 12.6. The van der Waals surface area contributed by atoms with Crippen molar-refractivity contribution in [3.05, 3.63) is 33.8 Å². The Balaban J connectivity index is 2.04. The predicted octanol–water partition coefficient (Wildman–Crippen LogP) is 2.52. The van der Waals surface area contributed by atoms with Crippen LogP contribution in [0.2, 0.25) is 10.0 Å². The van der Waals surface area contributed by atoms with Gasteiger partial charge in [-0.1, -0.05) is 29.3 Å². The van der Waals surface area contributed by atoms with Crippen LogP contribution < -0.4 is 11.1 Å². The van der Waals surface area contributed by atoms with E-state index >= 15 is 0 Å². The van der Waals surface area contributed by atoms with Gasteiger partial charge in [0.05, 0.1) is 12.0 Å². The van der Waals surface area contributed by atoms with E-state index in [-0.39, 0.29) is 23.9 Å². The lowest BCUT2D eigenvalue weighted by molar-refractivity contribution is -0.123. The highest BCUT2D eigenvalue weighted by atomic mass is 35.5. The van der Waals surface area contributed by atoms with Crippen molar-refractivity contribution in [1.82, 2.24) is 5.32 Å². The molecule has 1 aliphatic carbocycles. The first-order chi connectivity index (χ1) is 7.99. The van der Waals surface area contributed by atoms with Crippen molar-refractivity contribution in [2.75, 3.05) is 0 Å². The van der Waals surface area contributed by atoms with Gasteiger partial charge in [-0.3, -0.25) is 4.79 Å². The molecule has 0 saturated heterocycles. The van der Waals surface area contributed by atoms with Gasteiger partial charge in [0, 0.05) is 16.1 Å². The highest BCUT2D eigenvalue weighted by molar-refractivity contribution is 6.35. The number of hydrogen-bond acceptors (Lipinski definition) is 2. The van der Waals surface area contributed by atoms with Gasteiger partial charge in [0.25, 0.3) is 0 Å². The summed E-state index contributed by atoms with van der Waals surface area (Å²) in [5.74, 6) is -0.0421. The lowest BCUT2D eigenvalue weighted by Gasteiger charge is -2.15. The molecule has 92 valence electrons. The van der Waals surface area contributed by atoms with E-state index < -0.39 is 0 Å². The minimum absolute atomic E-state index is 0.00369. The maximum absolute atomic E-state index is 11.7. The summed E-state index contributed by atoms with van der Waals surface area (Å²) in [5, 5.41) is 4.05. The fourth-order valence-electron chi connectivity index (χ4n) is 1.77. The largest absolute Gasteiger partial charge is 0.349 e. The smallest absolute Gasteiger partial charge is 0.225 e. The molecule has 0 bridgehead atoms. The average Bonchev–Trinajstić information content (AvgIpc) is 2.95. The summed E-state index contributed by atoms with van der Waals surface area (Å²) >= 11 is 11.9. The van der Waals surface area contributed by atoms with Crippen molar-refractivity contribution >= 4 is 29.1 Å². The average molecular weight is 273 g/mol. The van der Waals surface area contributed by atoms with Crippen molar-refractivity contribution in [1.29, 1.82) is 0 Å². The number of amides is 1. The van der Waals surface area contributed by atoms with Gasteiger partial charge in [-0.05, 0) is 31.0 Å². The van der Waals surface area contributed by atoms with Gasteiger partial charge < -0.3 is 11.1 Å². The van der Waals surface area contributed by atoms with E-state index in [1.807, 2.05) is 13.0 Å². The van der Waals surface area contributed by atoms with Gasteiger partial charge >= 0.3 is 0 Å². The second-order valence-corrected chi connectivity index (χ2v) is 5.25. The number of rotatable bonds is 3. The Kier molecular flexibility index (Phi) is 3.61.